The lowest BCUT2D eigenvalue weighted by Crippen LogP contribution is -2.32. The highest BCUT2D eigenvalue weighted by Gasteiger charge is 2.24. The summed E-state index contributed by atoms with van der Waals surface area (Å²) in [4.78, 5) is 13.5. The van der Waals surface area contributed by atoms with Crippen molar-refractivity contribution in [3.63, 3.8) is 0 Å². The zero-order chi connectivity index (χ0) is 10.4. The molecule has 0 saturated carbocycles. The Labute approximate surface area is 86.4 Å². The number of ether oxygens (including phenoxy) is 1. The molecule has 0 aromatic rings. The summed E-state index contributed by atoms with van der Waals surface area (Å²) < 4.78 is 5.11. The Hall–Kier alpha value is -0.570. The largest absolute Gasteiger partial charge is 0.372 e. The molecule has 0 bridgehead atoms. The predicted molar refractivity (Wildman–Crippen MR) is 56.1 cm³/mol. The number of hydrogen-bond acceptors (Lipinski definition) is 2. The fraction of sp³-hybridized carbons (Fsp3) is 0.909. The van der Waals surface area contributed by atoms with Crippen molar-refractivity contribution in [3.8, 4) is 0 Å². The Morgan fingerprint density at radius 3 is 2.93 bits per heavy atom. The van der Waals surface area contributed by atoms with Gasteiger partial charge in [-0.15, -0.1) is 0 Å². The van der Waals surface area contributed by atoms with Gasteiger partial charge in [-0.3, -0.25) is 4.79 Å². The molecule has 3 nitrogen and oxygen atoms in total. The third-order valence-corrected chi connectivity index (χ3v) is 2.77. The molecule has 1 aliphatic rings. The van der Waals surface area contributed by atoms with E-state index in [-0.39, 0.29) is 12.5 Å². The van der Waals surface area contributed by atoms with Crippen LogP contribution in [0.15, 0.2) is 0 Å². The summed E-state index contributed by atoms with van der Waals surface area (Å²) in [6.45, 7) is 6.87. The third kappa shape index (κ3) is 3.29. The Bertz CT molecular complexity index is 182. The summed E-state index contributed by atoms with van der Waals surface area (Å²) in [6, 6.07) is 0. The van der Waals surface area contributed by atoms with E-state index in [2.05, 4.69) is 6.92 Å². The fourth-order valence-electron chi connectivity index (χ4n) is 1.98. The normalized spacial score (nSPS) is 21.6. The van der Waals surface area contributed by atoms with Crippen LogP contribution in [0.4, 0.5) is 0 Å². The maximum absolute atomic E-state index is 11.6. The van der Waals surface area contributed by atoms with Crippen LogP contribution in [0.2, 0.25) is 0 Å². The molecule has 0 N–H and O–H groups in total. The number of carbonyl (C=O) groups excluding carboxylic acids is 1. The lowest BCUT2D eigenvalue weighted by Gasteiger charge is -2.16. The highest BCUT2D eigenvalue weighted by Crippen LogP contribution is 2.20. The number of nitrogens with zero attached hydrogens (tertiary/aromatic N) is 1. The van der Waals surface area contributed by atoms with Gasteiger partial charge in [0.05, 0.1) is 0 Å². The van der Waals surface area contributed by atoms with Crippen LogP contribution in [0.5, 0.6) is 0 Å². The van der Waals surface area contributed by atoms with E-state index in [1.165, 1.54) is 19.3 Å². The van der Waals surface area contributed by atoms with Crippen LogP contribution in [0.1, 0.15) is 33.1 Å². The monoisotopic (exact) mass is 199 g/mol. The first-order valence-electron chi connectivity index (χ1n) is 5.63. The van der Waals surface area contributed by atoms with Crippen LogP contribution in [0.3, 0.4) is 0 Å². The van der Waals surface area contributed by atoms with Gasteiger partial charge < -0.3 is 9.64 Å². The molecule has 1 saturated heterocycles. The first-order chi connectivity index (χ1) is 6.77. The quantitative estimate of drug-likeness (QED) is 0.674. The minimum atomic E-state index is 0.158. The Kier molecular flexibility index (Phi) is 4.94. The van der Waals surface area contributed by atoms with Crippen molar-refractivity contribution in [3.05, 3.63) is 0 Å². The van der Waals surface area contributed by atoms with Crippen molar-refractivity contribution in [1.29, 1.82) is 0 Å². The number of carbonyl (C=O) groups is 1. The lowest BCUT2D eigenvalue weighted by molar-refractivity contribution is -0.135. The van der Waals surface area contributed by atoms with E-state index in [9.17, 15) is 4.79 Å². The average Bonchev–Trinajstić information content (AvgIpc) is 2.63. The van der Waals surface area contributed by atoms with Crippen LogP contribution < -0.4 is 0 Å². The maximum atomic E-state index is 11.6. The first-order valence-corrected chi connectivity index (χ1v) is 5.63. The Balaban J connectivity index is 2.23. The SMILES string of the molecule is CCCC1CCN(C(=O)COCC)C1. The van der Waals surface area contributed by atoms with Crippen LogP contribution in [0, 0.1) is 5.92 Å². The minimum absolute atomic E-state index is 0.158. The second kappa shape index (κ2) is 6.02. The van der Waals surface area contributed by atoms with Gasteiger partial charge in [-0.05, 0) is 25.7 Å². The lowest BCUT2D eigenvalue weighted by atomic mass is 10.0. The summed E-state index contributed by atoms with van der Waals surface area (Å²) in [5, 5.41) is 0. The minimum Gasteiger partial charge on any atom is -0.372 e. The molecule has 1 aliphatic heterocycles. The zero-order valence-electron chi connectivity index (χ0n) is 9.29. The van der Waals surface area contributed by atoms with Gasteiger partial charge in [0.15, 0.2) is 0 Å². The van der Waals surface area contributed by atoms with Gasteiger partial charge in [0.25, 0.3) is 0 Å². The smallest absolute Gasteiger partial charge is 0.248 e. The molecule has 0 aliphatic carbocycles. The molecule has 3 heteroatoms. The van der Waals surface area contributed by atoms with E-state index in [0.717, 1.165) is 19.0 Å². The molecule has 1 unspecified atom stereocenters. The molecule has 0 aromatic carbocycles. The molecule has 1 rings (SSSR count). The Morgan fingerprint density at radius 1 is 1.50 bits per heavy atom. The molecule has 0 spiro atoms. The van der Waals surface area contributed by atoms with E-state index in [4.69, 9.17) is 4.74 Å². The molecule has 82 valence electrons. The van der Waals surface area contributed by atoms with Gasteiger partial charge in [-0.2, -0.15) is 0 Å². The zero-order valence-corrected chi connectivity index (χ0v) is 9.29. The molecule has 1 fully saturated rings. The highest BCUT2D eigenvalue weighted by molar-refractivity contribution is 5.77. The molecule has 0 aromatic heterocycles. The molecular weight excluding hydrogens is 178 g/mol. The van der Waals surface area contributed by atoms with Gasteiger partial charge in [0, 0.05) is 19.7 Å². The molecule has 0 radical (unpaired) electrons. The summed E-state index contributed by atoms with van der Waals surface area (Å²) >= 11 is 0. The van der Waals surface area contributed by atoms with Gasteiger partial charge >= 0.3 is 0 Å². The van der Waals surface area contributed by atoms with E-state index in [0.29, 0.717) is 6.61 Å². The number of hydrogen-bond donors (Lipinski definition) is 0. The van der Waals surface area contributed by atoms with Crippen molar-refractivity contribution in [1.82, 2.24) is 4.90 Å². The van der Waals surface area contributed by atoms with Gasteiger partial charge in [0.1, 0.15) is 6.61 Å². The van der Waals surface area contributed by atoms with Gasteiger partial charge in [-0.1, -0.05) is 13.3 Å². The van der Waals surface area contributed by atoms with Crippen molar-refractivity contribution in [2.75, 3.05) is 26.3 Å². The fourth-order valence-corrected chi connectivity index (χ4v) is 1.98. The second-order valence-electron chi connectivity index (χ2n) is 3.92. The van der Waals surface area contributed by atoms with Crippen LogP contribution >= 0.6 is 0 Å². The predicted octanol–water partition coefficient (Wildman–Crippen LogP) is 1.67. The van der Waals surface area contributed by atoms with Gasteiger partial charge in [-0.25, -0.2) is 0 Å². The summed E-state index contributed by atoms with van der Waals surface area (Å²) in [5.41, 5.74) is 0. The number of likely N-dealkylation sites (tertiary alicyclic amines) is 1. The molecule has 1 amide bonds. The Morgan fingerprint density at radius 2 is 2.29 bits per heavy atom. The summed E-state index contributed by atoms with van der Waals surface area (Å²) in [7, 11) is 0. The van der Waals surface area contributed by atoms with Crippen LogP contribution in [-0.2, 0) is 9.53 Å². The highest BCUT2D eigenvalue weighted by atomic mass is 16.5. The van der Waals surface area contributed by atoms with E-state index < -0.39 is 0 Å². The summed E-state index contributed by atoms with van der Waals surface area (Å²) in [5.74, 6) is 0.885. The molecule has 1 atom stereocenters. The van der Waals surface area contributed by atoms with Crippen molar-refractivity contribution in [2.45, 2.75) is 33.1 Å². The number of rotatable bonds is 5. The second-order valence-corrected chi connectivity index (χ2v) is 3.92. The van der Waals surface area contributed by atoms with E-state index in [1.54, 1.807) is 0 Å². The standard InChI is InChI=1S/C11H21NO2/c1-3-5-10-6-7-12(8-10)11(13)9-14-4-2/h10H,3-9H2,1-2H3. The van der Waals surface area contributed by atoms with Gasteiger partial charge in [0.2, 0.25) is 5.91 Å². The van der Waals surface area contributed by atoms with Crippen LogP contribution in [0.25, 0.3) is 0 Å². The van der Waals surface area contributed by atoms with Crippen molar-refractivity contribution >= 4 is 5.91 Å². The number of amides is 1. The van der Waals surface area contributed by atoms with Crippen LogP contribution in [-0.4, -0.2) is 37.1 Å². The third-order valence-electron chi connectivity index (χ3n) is 2.77. The van der Waals surface area contributed by atoms with E-state index >= 15 is 0 Å². The van der Waals surface area contributed by atoms with Crippen molar-refractivity contribution < 1.29 is 9.53 Å². The molecule has 14 heavy (non-hydrogen) atoms. The van der Waals surface area contributed by atoms with Crippen molar-refractivity contribution in [2.24, 2.45) is 5.92 Å². The molecule has 1 heterocycles. The van der Waals surface area contributed by atoms with E-state index in [1.807, 2.05) is 11.8 Å². The summed E-state index contributed by atoms with van der Waals surface area (Å²) in [6.07, 6.45) is 3.64. The average molecular weight is 199 g/mol. The maximum Gasteiger partial charge on any atom is 0.248 e. The molecular formula is C11H21NO2. The topological polar surface area (TPSA) is 29.5 Å². The first kappa shape index (κ1) is 11.5.